The number of rotatable bonds is 9. The lowest BCUT2D eigenvalue weighted by atomic mass is 10.1. The van der Waals surface area contributed by atoms with Crippen LogP contribution in [0.1, 0.15) is 65.6 Å². The monoisotopic (exact) mass is 470 g/mol. The predicted octanol–water partition coefficient (Wildman–Crippen LogP) is 5.52. The number of amides is 1. The zero-order chi connectivity index (χ0) is 25.0. The number of carbonyl (C=O) groups excluding carboxylic acids is 1. The van der Waals surface area contributed by atoms with Gasteiger partial charge < -0.3 is 19.5 Å². The van der Waals surface area contributed by atoms with E-state index in [0.29, 0.717) is 24.3 Å². The van der Waals surface area contributed by atoms with Crippen LogP contribution in [0.25, 0.3) is 0 Å². The number of ether oxygens (including phenoxy) is 3. The average molecular weight is 471 g/mol. The van der Waals surface area contributed by atoms with Gasteiger partial charge in [0.15, 0.2) is 0 Å². The minimum absolute atomic E-state index is 0.0439. The smallest absolute Gasteiger partial charge is 0.416 e. The molecule has 2 heterocycles. The van der Waals surface area contributed by atoms with Crippen molar-refractivity contribution in [2.24, 2.45) is 5.92 Å². The maximum atomic E-state index is 12.5. The summed E-state index contributed by atoms with van der Waals surface area (Å²) >= 11 is 0. The van der Waals surface area contributed by atoms with Gasteiger partial charge in [-0.3, -0.25) is 4.90 Å². The SMILES string of the molecule is Cc1cc([C@H](C)Nc2nccc(N3C(=O)OCC3[C@@H](C)OC(C)(C)C)n2)ccc1OCC(C)C. The molecular formula is C26H38N4O4. The molecule has 1 amide bonds. The molecule has 3 rings (SSSR count). The largest absolute Gasteiger partial charge is 0.493 e. The van der Waals surface area contributed by atoms with Crippen LogP contribution in [0.4, 0.5) is 16.6 Å². The van der Waals surface area contributed by atoms with Crippen molar-refractivity contribution in [1.29, 1.82) is 0 Å². The van der Waals surface area contributed by atoms with E-state index in [1.54, 1.807) is 17.2 Å². The Kier molecular flexibility index (Phi) is 8.02. The van der Waals surface area contributed by atoms with E-state index in [2.05, 4.69) is 35.2 Å². The number of hydrogen-bond acceptors (Lipinski definition) is 7. The first-order valence-corrected chi connectivity index (χ1v) is 11.9. The van der Waals surface area contributed by atoms with Gasteiger partial charge in [-0.25, -0.2) is 9.78 Å². The Hall–Kier alpha value is -2.87. The van der Waals surface area contributed by atoms with Crippen LogP contribution in [-0.2, 0) is 9.47 Å². The van der Waals surface area contributed by atoms with E-state index in [0.717, 1.165) is 16.9 Å². The average Bonchev–Trinajstić information content (AvgIpc) is 3.13. The summed E-state index contributed by atoms with van der Waals surface area (Å²) in [6.45, 7) is 17.2. The van der Waals surface area contributed by atoms with E-state index in [4.69, 9.17) is 14.2 Å². The quantitative estimate of drug-likeness (QED) is 0.516. The molecule has 8 heteroatoms. The third-order valence-corrected chi connectivity index (χ3v) is 5.49. The molecule has 0 spiro atoms. The fraction of sp³-hybridized carbons (Fsp3) is 0.577. The molecule has 1 N–H and O–H groups in total. The lowest BCUT2D eigenvalue weighted by molar-refractivity contribution is -0.0618. The highest BCUT2D eigenvalue weighted by atomic mass is 16.6. The number of aryl methyl sites for hydroxylation is 1. The molecule has 0 aliphatic carbocycles. The van der Waals surface area contributed by atoms with Crippen LogP contribution in [0.2, 0.25) is 0 Å². The van der Waals surface area contributed by atoms with Crippen LogP contribution in [-0.4, -0.2) is 47.0 Å². The first kappa shape index (κ1) is 25.7. The molecule has 8 nitrogen and oxygen atoms in total. The van der Waals surface area contributed by atoms with Gasteiger partial charge in [-0.05, 0) is 70.7 Å². The molecule has 1 unspecified atom stereocenters. The molecule has 0 saturated carbocycles. The van der Waals surface area contributed by atoms with Gasteiger partial charge in [0.1, 0.15) is 24.2 Å². The Morgan fingerprint density at radius 3 is 2.59 bits per heavy atom. The normalized spacial score (nSPS) is 18.1. The second kappa shape index (κ2) is 10.6. The van der Waals surface area contributed by atoms with Crippen molar-refractivity contribution in [3.05, 3.63) is 41.6 Å². The summed E-state index contributed by atoms with van der Waals surface area (Å²) in [5, 5.41) is 3.34. The summed E-state index contributed by atoms with van der Waals surface area (Å²) in [6.07, 6.45) is 0.986. The number of anilines is 2. The number of hydrogen-bond donors (Lipinski definition) is 1. The molecule has 1 aliphatic rings. The maximum absolute atomic E-state index is 12.5. The third-order valence-electron chi connectivity index (χ3n) is 5.49. The summed E-state index contributed by atoms with van der Waals surface area (Å²) in [4.78, 5) is 23.1. The fourth-order valence-corrected chi connectivity index (χ4v) is 3.87. The van der Waals surface area contributed by atoms with Crippen molar-refractivity contribution >= 4 is 17.9 Å². The first-order chi connectivity index (χ1) is 15.9. The summed E-state index contributed by atoms with van der Waals surface area (Å²) in [5.41, 5.74) is 1.84. The molecule has 1 aliphatic heterocycles. The number of aromatic nitrogens is 2. The fourth-order valence-electron chi connectivity index (χ4n) is 3.87. The highest BCUT2D eigenvalue weighted by Crippen LogP contribution is 2.28. The summed E-state index contributed by atoms with van der Waals surface area (Å²) in [5.74, 6) is 2.29. The Morgan fingerprint density at radius 1 is 1.21 bits per heavy atom. The molecule has 186 valence electrons. The third kappa shape index (κ3) is 6.59. The van der Waals surface area contributed by atoms with Gasteiger partial charge >= 0.3 is 6.09 Å². The van der Waals surface area contributed by atoms with Crippen LogP contribution in [0.5, 0.6) is 5.75 Å². The molecular weight excluding hydrogens is 432 g/mol. The Labute approximate surface area is 203 Å². The second-order valence-electron chi connectivity index (χ2n) is 10.3. The zero-order valence-corrected chi connectivity index (χ0v) is 21.6. The Balaban J connectivity index is 1.73. The molecule has 1 fully saturated rings. The van der Waals surface area contributed by atoms with Gasteiger partial charge in [-0.15, -0.1) is 0 Å². The maximum Gasteiger partial charge on any atom is 0.416 e. The van der Waals surface area contributed by atoms with Crippen LogP contribution >= 0.6 is 0 Å². The molecule has 1 aromatic carbocycles. The summed E-state index contributed by atoms with van der Waals surface area (Å²) in [7, 11) is 0. The van der Waals surface area contributed by atoms with Crippen LogP contribution < -0.4 is 15.0 Å². The number of benzene rings is 1. The Bertz CT molecular complexity index is 989. The van der Waals surface area contributed by atoms with Gasteiger partial charge in [-0.2, -0.15) is 4.98 Å². The highest BCUT2D eigenvalue weighted by molar-refractivity contribution is 5.89. The minimum Gasteiger partial charge on any atom is -0.493 e. The first-order valence-electron chi connectivity index (χ1n) is 11.9. The van der Waals surface area contributed by atoms with Crippen molar-refractivity contribution in [3.63, 3.8) is 0 Å². The van der Waals surface area contributed by atoms with Gasteiger partial charge in [0, 0.05) is 6.20 Å². The minimum atomic E-state index is -0.431. The van der Waals surface area contributed by atoms with E-state index in [-0.39, 0.29) is 30.4 Å². The van der Waals surface area contributed by atoms with Gasteiger partial charge in [-0.1, -0.05) is 26.0 Å². The number of carbonyl (C=O) groups is 1. The molecule has 3 atom stereocenters. The molecule has 1 aromatic heterocycles. The second-order valence-corrected chi connectivity index (χ2v) is 10.3. The van der Waals surface area contributed by atoms with Crippen molar-refractivity contribution < 1.29 is 19.0 Å². The van der Waals surface area contributed by atoms with Gasteiger partial charge in [0.05, 0.1) is 24.4 Å². The van der Waals surface area contributed by atoms with E-state index < -0.39 is 6.09 Å². The van der Waals surface area contributed by atoms with Gasteiger partial charge in [0.2, 0.25) is 5.95 Å². The lowest BCUT2D eigenvalue weighted by Crippen LogP contribution is -2.45. The lowest BCUT2D eigenvalue weighted by Gasteiger charge is -2.31. The molecule has 0 radical (unpaired) electrons. The molecule has 1 saturated heterocycles. The van der Waals surface area contributed by atoms with E-state index in [1.165, 1.54) is 0 Å². The Morgan fingerprint density at radius 2 is 1.94 bits per heavy atom. The standard InChI is InChI=1S/C26H38N4O4/c1-16(2)14-32-22-10-9-20(13-17(22)3)18(4)28-24-27-12-11-23(29-24)30-21(15-33-25(30)31)19(5)34-26(6,7)8/h9-13,16,18-19,21H,14-15H2,1-8H3,(H,27,28,29)/t18-,19+,21?/m0/s1. The van der Waals surface area contributed by atoms with Crippen molar-refractivity contribution in [2.75, 3.05) is 23.4 Å². The van der Waals surface area contributed by atoms with Crippen molar-refractivity contribution in [2.45, 2.75) is 79.2 Å². The number of cyclic esters (lactones) is 1. The van der Waals surface area contributed by atoms with E-state index >= 15 is 0 Å². The highest BCUT2D eigenvalue weighted by Gasteiger charge is 2.40. The van der Waals surface area contributed by atoms with Crippen molar-refractivity contribution in [3.8, 4) is 5.75 Å². The molecule has 34 heavy (non-hydrogen) atoms. The summed E-state index contributed by atoms with van der Waals surface area (Å²) in [6, 6.07) is 7.56. The number of nitrogens with zero attached hydrogens (tertiary/aromatic N) is 3. The zero-order valence-electron chi connectivity index (χ0n) is 21.6. The van der Waals surface area contributed by atoms with Crippen LogP contribution in [0.3, 0.4) is 0 Å². The predicted molar refractivity (Wildman–Crippen MR) is 133 cm³/mol. The van der Waals surface area contributed by atoms with E-state index in [1.807, 2.05) is 53.7 Å². The van der Waals surface area contributed by atoms with Crippen molar-refractivity contribution in [1.82, 2.24) is 9.97 Å². The van der Waals surface area contributed by atoms with Gasteiger partial charge in [0.25, 0.3) is 0 Å². The summed E-state index contributed by atoms with van der Waals surface area (Å²) < 4.78 is 17.3. The van der Waals surface area contributed by atoms with Crippen LogP contribution in [0, 0.1) is 12.8 Å². The topological polar surface area (TPSA) is 85.8 Å². The molecule has 2 aromatic rings. The van der Waals surface area contributed by atoms with Crippen LogP contribution in [0.15, 0.2) is 30.5 Å². The molecule has 0 bridgehead atoms. The van der Waals surface area contributed by atoms with E-state index in [9.17, 15) is 4.79 Å². The number of nitrogens with one attached hydrogen (secondary N) is 1.